The maximum Gasteiger partial charge on any atom is 0.416 e. The molecule has 1 saturated heterocycles. The fraction of sp³-hybridized carbons (Fsp3) is 0.312. The summed E-state index contributed by atoms with van der Waals surface area (Å²) in [6.07, 6.45) is -1.73. The Labute approximate surface area is 262 Å². The van der Waals surface area contributed by atoms with Crippen LogP contribution in [0.2, 0.25) is 0 Å². The molecular formula is C32H33F3N6O3S. The van der Waals surface area contributed by atoms with E-state index in [1.54, 1.807) is 31.2 Å². The van der Waals surface area contributed by atoms with Gasteiger partial charge in [-0.1, -0.05) is 23.5 Å². The number of halogens is 3. The van der Waals surface area contributed by atoms with Gasteiger partial charge in [0.2, 0.25) is 0 Å². The quantitative estimate of drug-likeness (QED) is 0.181. The number of carboxylic acid groups (broad SMARTS) is 1. The number of para-hydroxylation sites is 1. The number of aldehydes is 1. The second kappa shape index (κ2) is 12.8. The molecule has 3 heterocycles. The molecule has 2 N–H and O–H groups in total. The number of alkyl halides is 3. The minimum Gasteiger partial charge on any atom is -0.478 e. The number of carbonyl (C=O) groups is 2. The number of aromatic nitrogens is 2. The maximum absolute atomic E-state index is 13.2. The molecule has 1 aliphatic rings. The number of fused-ring (bicyclic) bond motifs is 1. The Bertz CT molecular complexity index is 1850. The van der Waals surface area contributed by atoms with Gasteiger partial charge in [-0.05, 0) is 62.7 Å². The Kier molecular flexibility index (Phi) is 9.01. The maximum atomic E-state index is 13.2. The molecule has 236 valence electrons. The van der Waals surface area contributed by atoms with Crippen molar-refractivity contribution < 1.29 is 27.9 Å². The zero-order chi connectivity index (χ0) is 32.5. The Morgan fingerprint density at radius 1 is 1.13 bits per heavy atom. The van der Waals surface area contributed by atoms with Crippen molar-refractivity contribution in [2.45, 2.75) is 33.0 Å². The number of aryl methyl sites for hydroxylation is 2. The van der Waals surface area contributed by atoms with Crippen molar-refractivity contribution in [1.29, 1.82) is 0 Å². The lowest BCUT2D eigenvalue weighted by molar-refractivity contribution is -0.137. The minimum absolute atomic E-state index is 0.157. The topological polar surface area (TPSA) is 103 Å². The van der Waals surface area contributed by atoms with Gasteiger partial charge >= 0.3 is 12.1 Å². The van der Waals surface area contributed by atoms with Crippen molar-refractivity contribution in [1.82, 2.24) is 14.5 Å². The molecule has 13 heteroatoms. The third-order valence-corrected chi connectivity index (χ3v) is 8.76. The van der Waals surface area contributed by atoms with Crippen LogP contribution in [0.4, 0.5) is 24.0 Å². The standard InChI is InChI=1S/C32H33F3N6O3S/c1-19-15-24(21(3)36-25-8-6-5-7-23(25)30(43)44)29(39(4)17-19)38-28(20(2)18-42)40-11-13-41(14-12-40)31-37-26-16-22(32(33,34)35)9-10-27(26)45-31/h5-10,15-18,21,36H,11-14H2,1-4H3,(H,43,44)/b28-20+,38-29-. The molecule has 45 heavy (non-hydrogen) atoms. The first-order valence-corrected chi connectivity index (χ1v) is 15.1. The van der Waals surface area contributed by atoms with Gasteiger partial charge in [0, 0.05) is 56.2 Å². The summed E-state index contributed by atoms with van der Waals surface area (Å²) in [5.74, 6) is -0.518. The molecule has 0 aliphatic carbocycles. The van der Waals surface area contributed by atoms with Crippen molar-refractivity contribution in [2.75, 3.05) is 36.4 Å². The molecule has 0 bridgehead atoms. The van der Waals surface area contributed by atoms with Crippen molar-refractivity contribution in [2.24, 2.45) is 12.0 Å². The van der Waals surface area contributed by atoms with E-state index in [-0.39, 0.29) is 11.6 Å². The summed E-state index contributed by atoms with van der Waals surface area (Å²) < 4.78 is 42.2. The van der Waals surface area contributed by atoms with Crippen LogP contribution in [0.1, 0.15) is 46.9 Å². The van der Waals surface area contributed by atoms with Crippen LogP contribution < -0.4 is 15.7 Å². The molecule has 1 aliphatic heterocycles. The van der Waals surface area contributed by atoms with E-state index in [0.717, 1.165) is 29.5 Å². The van der Waals surface area contributed by atoms with E-state index >= 15 is 0 Å². The van der Waals surface area contributed by atoms with Crippen molar-refractivity contribution >= 4 is 44.6 Å². The van der Waals surface area contributed by atoms with E-state index < -0.39 is 17.7 Å². The number of pyridine rings is 1. The lowest BCUT2D eigenvalue weighted by atomic mass is 10.1. The number of piperazine rings is 1. The van der Waals surface area contributed by atoms with Crippen LogP contribution in [0, 0.1) is 6.92 Å². The average molecular weight is 639 g/mol. The number of allylic oxidation sites excluding steroid dienone is 1. The molecule has 2 aromatic carbocycles. The van der Waals surface area contributed by atoms with E-state index in [1.165, 1.54) is 17.4 Å². The van der Waals surface area contributed by atoms with Crippen LogP contribution >= 0.6 is 11.3 Å². The number of thiazole rings is 1. The Morgan fingerprint density at radius 3 is 2.51 bits per heavy atom. The van der Waals surface area contributed by atoms with Crippen LogP contribution in [0.15, 0.2) is 71.1 Å². The first kappa shape index (κ1) is 31.8. The second-order valence-corrected chi connectivity index (χ2v) is 12.0. The number of aromatic carboxylic acids is 1. The van der Waals surface area contributed by atoms with Gasteiger partial charge in [0.05, 0.1) is 27.4 Å². The Morgan fingerprint density at radius 2 is 1.84 bits per heavy atom. The number of hydrogen-bond donors (Lipinski definition) is 2. The first-order valence-electron chi connectivity index (χ1n) is 14.3. The summed E-state index contributed by atoms with van der Waals surface area (Å²) in [6.45, 7) is 7.70. The van der Waals surface area contributed by atoms with Crippen molar-refractivity contribution in [3.63, 3.8) is 0 Å². The SMILES string of the molecule is C/C(C=O)=C(/N=c1/c(C(C)Nc2ccccc2C(=O)O)cc(C)cn1C)N1CCN(c2nc3cc(C(F)(F)F)ccc3s2)CC1. The molecule has 0 saturated carbocycles. The molecule has 9 nitrogen and oxygen atoms in total. The molecule has 0 spiro atoms. The van der Waals surface area contributed by atoms with Gasteiger partial charge < -0.3 is 24.8 Å². The van der Waals surface area contributed by atoms with Crippen LogP contribution in [-0.2, 0) is 18.0 Å². The molecule has 1 atom stereocenters. The fourth-order valence-electron chi connectivity index (χ4n) is 5.38. The molecular weight excluding hydrogens is 605 g/mol. The largest absolute Gasteiger partial charge is 0.478 e. The summed E-state index contributed by atoms with van der Waals surface area (Å²) in [4.78, 5) is 37.4. The minimum atomic E-state index is -4.43. The summed E-state index contributed by atoms with van der Waals surface area (Å²) in [5, 5.41) is 13.6. The fourth-order valence-corrected chi connectivity index (χ4v) is 6.38. The third-order valence-electron chi connectivity index (χ3n) is 7.66. The highest BCUT2D eigenvalue weighted by Crippen LogP contribution is 2.35. The summed E-state index contributed by atoms with van der Waals surface area (Å²) in [5.41, 5.74) is 3.09. The van der Waals surface area contributed by atoms with E-state index in [4.69, 9.17) is 4.99 Å². The molecule has 0 radical (unpaired) electrons. The number of benzene rings is 2. The molecule has 4 aromatic rings. The summed E-state index contributed by atoms with van der Waals surface area (Å²) in [7, 11) is 1.87. The first-order chi connectivity index (χ1) is 21.3. The lowest BCUT2D eigenvalue weighted by Gasteiger charge is -2.36. The summed E-state index contributed by atoms with van der Waals surface area (Å²) in [6, 6.07) is 12.0. The lowest BCUT2D eigenvalue weighted by Crippen LogP contribution is -2.46. The van der Waals surface area contributed by atoms with E-state index in [9.17, 15) is 27.9 Å². The highest BCUT2D eigenvalue weighted by atomic mass is 32.1. The van der Waals surface area contributed by atoms with Gasteiger partial charge in [-0.2, -0.15) is 13.2 Å². The monoisotopic (exact) mass is 638 g/mol. The van der Waals surface area contributed by atoms with Crippen LogP contribution in [0.3, 0.4) is 0 Å². The van der Waals surface area contributed by atoms with Crippen molar-refractivity contribution in [3.8, 4) is 0 Å². The van der Waals surface area contributed by atoms with Crippen molar-refractivity contribution in [3.05, 3.63) is 93.9 Å². The number of nitrogens with one attached hydrogen (secondary N) is 1. The summed E-state index contributed by atoms with van der Waals surface area (Å²) >= 11 is 1.35. The van der Waals surface area contributed by atoms with Gasteiger partial charge in [-0.25, -0.2) is 14.8 Å². The molecule has 0 amide bonds. The number of nitrogens with zero attached hydrogens (tertiary/aromatic N) is 5. The van der Waals surface area contributed by atoms with Crippen LogP contribution in [0.25, 0.3) is 10.2 Å². The molecule has 2 aromatic heterocycles. The zero-order valence-electron chi connectivity index (χ0n) is 25.2. The van der Waals surface area contributed by atoms with E-state index in [2.05, 4.69) is 10.3 Å². The van der Waals surface area contributed by atoms with E-state index in [1.807, 2.05) is 47.5 Å². The Balaban J connectivity index is 1.43. The number of rotatable bonds is 8. The second-order valence-electron chi connectivity index (χ2n) is 11.0. The predicted molar refractivity (Wildman–Crippen MR) is 168 cm³/mol. The number of anilines is 2. The highest BCUT2D eigenvalue weighted by molar-refractivity contribution is 7.22. The molecule has 1 fully saturated rings. The van der Waals surface area contributed by atoms with Gasteiger partial charge in [0.1, 0.15) is 17.6 Å². The smallest absolute Gasteiger partial charge is 0.416 e. The number of hydrogen-bond acceptors (Lipinski definition) is 8. The zero-order valence-corrected chi connectivity index (χ0v) is 26.0. The molecule has 1 unspecified atom stereocenters. The Hall–Kier alpha value is -4.65. The number of carboxylic acids is 1. The normalized spacial score (nSPS) is 15.7. The van der Waals surface area contributed by atoms with Gasteiger partial charge in [-0.3, -0.25) is 4.79 Å². The average Bonchev–Trinajstić information content (AvgIpc) is 3.43. The molecule has 5 rings (SSSR count). The third kappa shape index (κ3) is 6.88. The van der Waals surface area contributed by atoms with Gasteiger partial charge in [-0.15, -0.1) is 0 Å². The van der Waals surface area contributed by atoms with Gasteiger partial charge in [0.15, 0.2) is 5.13 Å². The predicted octanol–water partition coefficient (Wildman–Crippen LogP) is 5.99. The van der Waals surface area contributed by atoms with Gasteiger partial charge in [0.25, 0.3) is 0 Å². The highest BCUT2D eigenvalue weighted by Gasteiger charge is 2.31. The van der Waals surface area contributed by atoms with Crippen LogP contribution in [0.5, 0.6) is 0 Å². The van der Waals surface area contributed by atoms with E-state index in [0.29, 0.717) is 64.1 Å². The van der Waals surface area contributed by atoms with Crippen LogP contribution in [-0.4, -0.2) is 58.0 Å². The number of carbonyl (C=O) groups excluding carboxylic acids is 1.